The second-order valence-electron chi connectivity index (χ2n) is 5.27. The summed E-state index contributed by atoms with van der Waals surface area (Å²) in [6, 6.07) is 16.1. The van der Waals surface area contributed by atoms with Crippen LogP contribution in [0.5, 0.6) is 11.5 Å². The quantitative estimate of drug-likeness (QED) is 0.771. The normalized spacial score (nSPS) is 11.2. The summed E-state index contributed by atoms with van der Waals surface area (Å²) in [7, 11) is -2.07. The number of ether oxygens (including phenoxy) is 1. The van der Waals surface area contributed by atoms with E-state index in [1.54, 1.807) is 50.4 Å². The molecule has 2 aromatic carbocycles. The summed E-state index contributed by atoms with van der Waals surface area (Å²) in [5, 5.41) is 4.08. The summed E-state index contributed by atoms with van der Waals surface area (Å²) in [6.07, 6.45) is 1.47. The van der Waals surface area contributed by atoms with E-state index < -0.39 is 10.0 Å². The third kappa shape index (κ3) is 3.41. The number of para-hydroxylation sites is 3. The number of hydrogen-bond donors (Lipinski definition) is 1. The first-order valence-electron chi connectivity index (χ1n) is 7.31. The number of benzene rings is 2. The first-order chi connectivity index (χ1) is 11.5. The van der Waals surface area contributed by atoms with Crippen molar-refractivity contribution >= 4 is 15.7 Å². The van der Waals surface area contributed by atoms with Gasteiger partial charge in [-0.1, -0.05) is 30.3 Å². The second kappa shape index (κ2) is 6.37. The summed E-state index contributed by atoms with van der Waals surface area (Å²) >= 11 is 0. The zero-order valence-electron chi connectivity index (χ0n) is 13.3. The molecule has 0 spiro atoms. The Balaban J connectivity index is 1.92. The van der Waals surface area contributed by atoms with Gasteiger partial charge < -0.3 is 4.74 Å². The van der Waals surface area contributed by atoms with Gasteiger partial charge in [-0.05, 0) is 31.2 Å². The van der Waals surface area contributed by atoms with E-state index in [9.17, 15) is 8.42 Å². The minimum Gasteiger partial charge on any atom is -0.455 e. The maximum absolute atomic E-state index is 12.6. The largest absolute Gasteiger partial charge is 0.455 e. The van der Waals surface area contributed by atoms with Crippen LogP contribution in [0, 0.1) is 6.92 Å². The highest BCUT2D eigenvalue weighted by atomic mass is 32.2. The van der Waals surface area contributed by atoms with Crippen molar-refractivity contribution < 1.29 is 13.2 Å². The van der Waals surface area contributed by atoms with Gasteiger partial charge in [-0.15, -0.1) is 0 Å². The van der Waals surface area contributed by atoms with Crippen LogP contribution in [0.25, 0.3) is 0 Å². The van der Waals surface area contributed by atoms with Crippen molar-refractivity contribution in [3.05, 3.63) is 66.5 Å². The van der Waals surface area contributed by atoms with E-state index in [1.165, 1.54) is 10.9 Å². The molecule has 1 N–H and O–H groups in total. The molecule has 1 aromatic heterocycles. The van der Waals surface area contributed by atoms with Gasteiger partial charge in [-0.25, -0.2) is 8.42 Å². The molecule has 1 heterocycles. The van der Waals surface area contributed by atoms with Crippen LogP contribution in [0.2, 0.25) is 0 Å². The summed E-state index contributed by atoms with van der Waals surface area (Å²) in [5.41, 5.74) is 0.802. The van der Waals surface area contributed by atoms with Gasteiger partial charge in [0.25, 0.3) is 10.0 Å². The fraction of sp³-hybridized carbons (Fsp3) is 0.118. The summed E-state index contributed by atoms with van der Waals surface area (Å²) in [6.45, 7) is 1.65. The van der Waals surface area contributed by atoms with Crippen LogP contribution in [-0.2, 0) is 17.1 Å². The Hall–Kier alpha value is -2.80. The van der Waals surface area contributed by atoms with E-state index in [4.69, 9.17) is 4.74 Å². The number of rotatable bonds is 5. The van der Waals surface area contributed by atoms with Crippen molar-refractivity contribution in [3.63, 3.8) is 0 Å². The lowest BCUT2D eigenvalue weighted by Gasteiger charge is -2.13. The highest BCUT2D eigenvalue weighted by Crippen LogP contribution is 2.31. The highest BCUT2D eigenvalue weighted by molar-refractivity contribution is 7.92. The molecule has 0 amide bonds. The fourth-order valence-electron chi connectivity index (χ4n) is 2.30. The molecule has 24 heavy (non-hydrogen) atoms. The van der Waals surface area contributed by atoms with Gasteiger partial charge in [0.2, 0.25) is 0 Å². The average Bonchev–Trinajstić information content (AvgIpc) is 2.90. The molecule has 7 heteroatoms. The summed E-state index contributed by atoms with van der Waals surface area (Å²) in [5.74, 6) is 1.05. The van der Waals surface area contributed by atoms with Crippen LogP contribution in [-0.4, -0.2) is 18.2 Å². The van der Waals surface area contributed by atoms with Gasteiger partial charge >= 0.3 is 0 Å². The van der Waals surface area contributed by atoms with Gasteiger partial charge in [-0.2, -0.15) is 5.10 Å². The van der Waals surface area contributed by atoms with E-state index in [2.05, 4.69) is 9.82 Å². The molecule has 3 rings (SSSR count). The van der Waals surface area contributed by atoms with E-state index >= 15 is 0 Å². The Morgan fingerprint density at radius 2 is 1.71 bits per heavy atom. The summed E-state index contributed by atoms with van der Waals surface area (Å²) in [4.78, 5) is 0.138. The van der Waals surface area contributed by atoms with Crippen molar-refractivity contribution in [2.75, 3.05) is 4.72 Å². The molecule has 0 aliphatic heterocycles. The Bertz CT molecular complexity index is 950. The van der Waals surface area contributed by atoms with E-state index in [0.29, 0.717) is 22.9 Å². The predicted octanol–water partition coefficient (Wildman–Crippen LogP) is 3.32. The molecule has 0 saturated heterocycles. The SMILES string of the molecule is Cc1nn(C)cc1S(=O)(=O)Nc1ccccc1Oc1ccccc1. The van der Waals surface area contributed by atoms with Gasteiger partial charge in [0, 0.05) is 13.2 Å². The standard InChI is InChI=1S/C17H17N3O3S/c1-13-17(12-20(2)18-13)24(21,22)19-15-10-6-7-11-16(15)23-14-8-4-3-5-9-14/h3-12,19H,1-2H3. The zero-order chi connectivity index (χ0) is 17.2. The number of nitrogens with zero attached hydrogens (tertiary/aromatic N) is 2. The number of hydrogen-bond acceptors (Lipinski definition) is 4. The highest BCUT2D eigenvalue weighted by Gasteiger charge is 2.21. The topological polar surface area (TPSA) is 73.2 Å². The number of nitrogens with one attached hydrogen (secondary N) is 1. The Kier molecular flexibility index (Phi) is 4.26. The molecule has 0 atom stereocenters. The molecule has 3 aromatic rings. The third-order valence-electron chi connectivity index (χ3n) is 3.36. The van der Waals surface area contributed by atoms with Crippen LogP contribution in [0.4, 0.5) is 5.69 Å². The Labute approximate surface area is 140 Å². The molecule has 0 fully saturated rings. The molecule has 0 aliphatic carbocycles. The van der Waals surface area contributed by atoms with Crippen molar-refractivity contribution in [3.8, 4) is 11.5 Å². The number of aryl methyl sites for hydroxylation is 2. The van der Waals surface area contributed by atoms with Crippen molar-refractivity contribution in [2.24, 2.45) is 7.05 Å². The molecule has 0 bridgehead atoms. The molecule has 0 radical (unpaired) electrons. The molecule has 6 nitrogen and oxygen atoms in total. The average molecular weight is 343 g/mol. The first kappa shape index (κ1) is 16.1. The van der Waals surface area contributed by atoms with E-state index in [0.717, 1.165) is 0 Å². The molecule has 0 aliphatic rings. The molecule has 0 unspecified atom stereocenters. The van der Waals surface area contributed by atoms with Crippen LogP contribution in [0.15, 0.2) is 65.7 Å². The van der Waals surface area contributed by atoms with Gasteiger partial charge in [0.1, 0.15) is 10.6 Å². The predicted molar refractivity (Wildman–Crippen MR) is 91.7 cm³/mol. The number of sulfonamides is 1. The first-order valence-corrected chi connectivity index (χ1v) is 8.79. The number of aromatic nitrogens is 2. The third-order valence-corrected chi connectivity index (χ3v) is 4.83. The zero-order valence-corrected chi connectivity index (χ0v) is 14.1. The van der Waals surface area contributed by atoms with Crippen molar-refractivity contribution in [2.45, 2.75) is 11.8 Å². The maximum Gasteiger partial charge on any atom is 0.265 e. The van der Waals surface area contributed by atoms with Gasteiger partial charge in [0.05, 0.1) is 11.4 Å². The van der Waals surface area contributed by atoms with Crippen LogP contribution < -0.4 is 9.46 Å². The van der Waals surface area contributed by atoms with Crippen molar-refractivity contribution in [1.29, 1.82) is 0 Å². The lowest BCUT2D eigenvalue weighted by Crippen LogP contribution is -2.14. The monoisotopic (exact) mass is 343 g/mol. The van der Waals surface area contributed by atoms with Gasteiger partial charge in [0.15, 0.2) is 5.75 Å². The van der Waals surface area contributed by atoms with Crippen LogP contribution in [0.1, 0.15) is 5.69 Å². The van der Waals surface area contributed by atoms with E-state index in [-0.39, 0.29) is 4.90 Å². The summed E-state index contributed by atoms with van der Waals surface area (Å²) < 4.78 is 35.1. The molecular formula is C17H17N3O3S. The van der Waals surface area contributed by atoms with Crippen molar-refractivity contribution in [1.82, 2.24) is 9.78 Å². The lowest BCUT2D eigenvalue weighted by atomic mass is 10.3. The van der Waals surface area contributed by atoms with Gasteiger partial charge in [-0.3, -0.25) is 9.40 Å². The number of anilines is 1. The van der Waals surface area contributed by atoms with Crippen LogP contribution >= 0.6 is 0 Å². The minimum absolute atomic E-state index is 0.138. The maximum atomic E-state index is 12.6. The Morgan fingerprint density at radius 3 is 2.38 bits per heavy atom. The lowest BCUT2D eigenvalue weighted by molar-refractivity contribution is 0.485. The smallest absolute Gasteiger partial charge is 0.265 e. The fourth-order valence-corrected chi connectivity index (χ4v) is 3.59. The van der Waals surface area contributed by atoms with E-state index in [1.807, 2.05) is 18.2 Å². The molecular weight excluding hydrogens is 326 g/mol. The minimum atomic E-state index is -3.75. The van der Waals surface area contributed by atoms with Crippen LogP contribution in [0.3, 0.4) is 0 Å². The molecule has 124 valence electrons. The Morgan fingerprint density at radius 1 is 1.04 bits per heavy atom. The second-order valence-corrected chi connectivity index (χ2v) is 6.92. The molecule has 0 saturated carbocycles.